The maximum absolute atomic E-state index is 12.2. The van der Waals surface area contributed by atoms with Crippen LogP contribution in [0.1, 0.15) is 11.1 Å². The predicted octanol–water partition coefficient (Wildman–Crippen LogP) is 4.49. The molecule has 0 amide bonds. The van der Waals surface area contributed by atoms with Crippen molar-refractivity contribution in [3.63, 3.8) is 0 Å². The van der Waals surface area contributed by atoms with Crippen LogP contribution in [0.4, 0.5) is 18.9 Å². The van der Waals surface area contributed by atoms with E-state index in [0.29, 0.717) is 18.2 Å². The van der Waals surface area contributed by atoms with Crippen molar-refractivity contribution in [1.82, 2.24) is 4.98 Å². The monoisotopic (exact) mass is 416 g/mol. The van der Waals surface area contributed by atoms with Gasteiger partial charge >= 0.3 is 6.36 Å². The number of anilines is 1. The molecule has 0 aliphatic carbocycles. The molecule has 3 aromatic rings. The van der Waals surface area contributed by atoms with E-state index in [0.717, 1.165) is 11.1 Å². The first-order valence-electron chi connectivity index (χ1n) is 8.92. The standard InChI is InChI=1S/C21H19F3N4O2/c22-21(23,24)30-18-8-6-17(7-9-18)28-20(25)27-13-16-10-11-26-19(12-16)29-14-15-4-2-1-3-5-15/h1-12H,13-14H2,(H3,25,27,28). The number of aliphatic imine (C=N–C) groups is 1. The SMILES string of the molecule is NC(=NCc1ccnc(OCc2ccccc2)c1)Nc1ccc(OC(F)(F)F)cc1. The zero-order valence-electron chi connectivity index (χ0n) is 15.8. The molecule has 9 heteroatoms. The number of pyridine rings is 1. The lowest BCUT2D eigenvalue weighted by molar-refractivity contribution is -0.274. The Bertz CT molecular complexity index is 978. The predicted molar refractivity (Wildman–Crippen MR) is 107 cm³/mol. The van der Waals surface area contributed by atoms with Gasteiger partial charge in [0.05, 0.1) is 6.54 Å². The van der Waals surface area contributed by atoms with Gasteiger partial charge in [0.1, 0.15) is 12.4 Å². The maximum atomic E-state index is 12.2. The molecule has 0 unspecified atom stereocenters. The molecular weight excluding hydrogens is 397 g/mol. The Morgan fingerprint density at radius 3 is 2.43 bits per heavy atom. The summed E-state index contributed by atoms with van der Waals surface area (Å²) in [6.07, 6.45) is -3.11. The highest BCUT2D eigenvalue weighted by molar-refractivity contribution is 5.92. The highest BCUT2D eigenvalue weighted by Gasteiger charge is 2.30. The van der Waals surface area contributed by atoms with E-state index >= 15 is 0 Å². The molecule has 0 atom stereocenters. The van der Waals surface area contributed by atoms with E-state index in [1.54, 1.807) is 18.3 Å². The van der Waals surface area contributed by atoms with Gasteiger partial charge in [-0.3, -0.25) is 0 Å². The number of alkyl halides is 3. The first-order valence-corrected chi connectivity index (χ1v) is 8.92. The Morgan fingerprint density at radius 2 is 1.73 bits per heavy atom. The summed E-state index contributed by atoms with van der Waals surface area (Å²) < 4.78 is 46.1. The molecule has 0 aliphatic rings. The van der Waals surface area contributed by atoms with E-state index in [-0.39, 0.29) is 18.3 Å². The fourth-order valence-corrected chi connectivity index (χ4v) is 2.46. The number of ether oxygens (including phenoxy) is 2. The molecule has 156 valence electrons. The minimum absolute atomic E-state index is 0.114. The number of nitrogens with one attached hydrogen (secondary N) is 1. The number of halogens is 3. The van der Waals surface area contributed by atoms with E-state index < -0.39 is 6.36 Å². The van der Waals surface area contributed by atoms with Crippen molar-refractivity contribution in [2.45, 2.75) is 19.5 Å². The molecule has 0 saturated heterocycles. The minimum Gasteiger partial charge on any atom is -0.473 e. The average molecular weight is 416 g/mol. The molecule has 30 heavy (non-hydrogen) atoms. The van der Waals surface area contributed by atoms with E-state index in [2.05, 4.69) is 20.0 Å². The van der Waals surface area contributed by atoms with Gasteiger partial charge in [-0.25, -0.2) is 9.98 Å². The highest BCUT2D eigenvalue weighted by atomic mass is 19.4. The lowest BCUT2D eigenvalue weighted by atomic mass is 10.2. The van der Waals surface area contributed by atoms with Gasteiger partial charge in [0, 0.05) is 18.0 Å². The zero-order chi connectivity index (χ0) is 21.4. The van der Waals surface area contributed by atoms with E-state index in [1.165, 1.54) is 24.3 Å². The summed E-state index contributed by atoms with van der Waals surface area (Å²) in [7, 11) is 0. The van der Waals surface area contributed by atoms with Crippen molar-refractivity contribution < 1.29 is 22.6 Å². The van der Waals surface area contributed by atoms with Crippen LogP contribution in [-0.2, 0) is 13.2 Å². The molecule has 6 nitrogen and oxygen atoms in total. The van der Waals surface area contributed by atoms with Crippen LogP contribution in [0.2, 0.25) is 0 Å². The quantitative estimate of drug-likeness (QED) is 0.438. The number of rotatable bonds is 7. The Kier molecular flexibility index (Phi) is 6.74. The topological polar surface area (TPSA) is 81.8 Å². The lowest BCUT2D eigenvalue weighted by Crippen LogP contribution is -2.22. The number of hydrogen-bond donors (Lipinski definition) is 2. The number of hydrogen-bond acceptors (Lipinski definition) is 4. The van der Waals surface area contributed by atoms with Gasteiger partial charge in [0.15, 0.2) is 5.96 Å². The normalized spacial score (nSPS) is 11.8. The van der Waals surface area contributed by atoms with E-state index in [1.807, 2.05) is 30.3 Å². The molecule has 1 heterocycles. The molecule has 0 aliphatic heterocycles. The average Bonchev–Trinajstić information content (AvgIpc) is 2.72. The van der Waals surface area contributed by atoms with E-state index in [4.69, 9.17) is 10.5 Å². The second-order valence-corrected chi connectivity index (χ2v) is 6.18. The van der Waals surface area contributed by atoms with Crippen LogP contribution < -0.4 is 20.5 Å². The van der Waals surface area contributed by atoms with Crippen LogP contribution in [0.5, 0.6) is 11.6 Å². The highest BCUT2D eigenvalue weighted by Crippen LogP contribution is 2.23. The number of aromatic nitrogens is 1. The molecular formula is C21H19F3N4O2. The third-order valence-electron chi connectivity index (χ3n) is 3.82. The third kappa shape index (κ3) is 7.01. The number of nitrogens with zero attached hydrogens (tertiary/aromatic N) is 2. The fourth-order valence-electron chi connectivity index (χ4n) is 2.46. The number of guanidine groups is 1. The maximum Gasteiger partial charge on any atom is 0.573 e. The van der Waals surface area contributed by atoms with Crippen molar-refractivity contribution in [3.8, 4) is 11.6 Å². The van der Waals surface area contributed by atoms with Crippen molar-refractivity contribution in [2.75, 3.05) is 5.32 Å². The summed E-state index contributed by atoms with van der Waals surface area (Å²) >= 11 is 0. The van der Waals surface area contributed by atoms with Crippen molar-refractivity contribution in [1.29, 1.82) is 0 Å². The largest absolute Gasteiger partial charge is 0.573 e. The summed E-state index contributed by atoms with van der Waals surface area (Å²) in [5, 5.41) is 2.81. The van der Waals surface area contributed by atoms with Crippen LogP contribution in [0.3, 0.4) is 0 Å². The second-order valence-electron chi connectivity index (χ2n) is 6.18. The fraction of sp³-hybridized carbons (Fsp3) is 0.143. The smallest absolute Gasteiger partial charge is 0.473 e. The number of nitrogens with two attached hydrogens (primary N) is 1. The Balaban J connectivity index is 1.53. The molecule has 3 N–H and O–H groups in total. The molecule has 0 radical (unpaired) electrons. The Labute approximate surface area is 171 Å². The van der Waals surface area contributed by atoms with Gasteiger partial charge in [0.2, 0.25) is 5.88 Å². The van der Waals surface area contributed by atoms with Crippen LogP contribution in [-0.4, -0.2) is 17.3 Å². The molecule has 0 bridgehead atoms. The van der Waals surface area contributed by atoms with Crippen molar-refractivity contribution in [2.24, 2.45) is 10.7 Å². The van der Waals surface area contributed by atoms with Gasteiger partial charge in [0.25, 0.3) is 0 Å². The Hall–Kier alpha value is -3.75. The minimum atomic E-state index is -4.73. The van der Waals surface area contributed by atoms with Gasteiger partial charge in [-0.2, -0.15) is 0 Å². The summed E-state index contributed by atoms with van der Waals surface area (Å²) in [5.41, 5.74) is 8.20. The van der Waals surface area contributed by atoms with E-state index in [9.17, 15) is 13.2 Å². The van der Waals surface area contributed by atoms with Gasteiger partial charge in [-0.1, -0.05) is 30.3 Å². The van der Waals surface area contributed by atoms with Crippen LogP contribution in [0.25, 0.3) is 0 Å². The van der Waals surface area contributed by atoms with Gasteiger partial charge in [-0.05, 0) is 41.5 Å². The van der Waals surface area contributed by atoms with Crippen LogP contribution in [0, 0.1) is 0 Å². The van der Waals surface area contributed by atoms with Crippen molar-refractivity contribution >= 4 is 11.6 Å². The first-order chi connectivity index (χ1) is 14.4. The molecule has 1 aromatic heterocycles. The third-order valence-corrected chi connectivity index (χ3v) is 3.82. The second kappa shape index (κ2) is 9.64. The summed E-state index contributed by atoms with van der Waals surface area (Å²) in [6, 6.07) is 18.5. The van der Waals surface area contributed by atoms with Crippen LogP contribution >= 0.6 is 0 Å². The lowest BCUT2D eigenvalue weighted by Gasteiger charge is -2.10. The zero-order valence-corrected chi connectivity index (χ0v) is 15.8. The number of benzene rings is 2. The Morgan fingerprint density at radius 1 is 1.00 bits per heavy atom. The molecule has 0 saturated carbocycles. The molecule has 3 rings (SSSR count). The first kappa shape index (κ1) is 21.0. The van der Waals surface area contributed by atoms with Crippen LogP contribution in [0.15, 0.2) is 77.9 Å². The summed E-state index contributed by atoms with van der Waals surface area (Å²) in [5.74, 6) is 0.268. The molecule has 0 fully saturated rings. The van der Waals surface area contributed by atoms with Crippen molar-refractivity contribution in [3.05, 3.63) is 84.1 Å². The van der Waals surface area contributed by atoms with Gasteiger partial charge < -0.3 is 20.5 Å². The summed E-state index contributed by atoms with van der Waals surface area (Å²) in [6.45, 7) is 0.677. The van der Waals surface area contributed by atoms with Gasteiger partial charge in [-0.15, -0.1) is 13.2 Å². The molecule has 0 spiro atoms. The molecule has 2 aromatic carbocycles. The summed E-state index contributed by atoms with van der Waals surface area (Å²) in [4.78, 5) is 8.39.